The van der Waals surface area contributed by atoms with Gasteiger partial charge in [0.1, 0.15) is 12.6 Å². The summed E-state index contributed by atoms with van der Waals surface area (Å²) in [5, 5.41) is 2.60. The predicted molar refractivity (Wildman–Crippen MR) is 82.9 cm³/mol. The minimum Gasteiger partial charge on any atom is -0.453 e. The minimum atomic E-state index is -0.681. The number of hydrogen-bond acceptors (Lipinski definition) is 6. The van der Waals surface area contributed by atoms with Gasteiger partial charge in [-0.2, -0.15) is 0 Å². The minimum absolute atomic E-state index is 0.108. The van der Waals surface area contributed by atoms with E-state index in [1.807, 2.05) is 30.3 Å². The maximum atomic E-state index is 11.6. The summed E-state index contributed by atoms with van der Waals surface area (Å²) in [6.07, 6.45) is -0.278. The Morgan fingerprint density at radius 1 is 1.33 bits per heavy atom. The number of ether oxygens (including phenoxy) is 3. The molecule has 1 aliphatic heterocycles. The van der Waals surface area contributed by atoms with Gasteiger partial charge in [0.25, 0.3) is 0 Å². The van der Waals surface area contributed by atoms with Crippen LogP contribution in [0.2, 0.25) is 0 Å². The van der Waals surface area contributed by atoms with Crippen molar-refractivity contribution in [3.63, 3.8) is 0 Å². The normalized spacial score (nSPS) is 16.5. The van der Waals surface area contributed by atoms with E-state index in [9.17, 15) is 14.4 Å². The van der Waals surface area contributed by atoms with Gasteiger partial charge in [0, 0.05) is 6.54 Å². The number of esters is 1. The van der Waals surface area contributed by atoms with Crippen LogP contribution >= 0.6 is 0 Å². The molecule has 1 aromatic carbocycles. The quantitative estimate of drug-likeness (QED) is 0.482. The van der Waals surface area contributed by atoms with Crippen LogP contribution < -0.4 is 5.32 Å². The van der Waals surface area contributed by atoms with Crippen molar-refractivity contribution < 1.29 is 28.6 Å². The van der Waals surface area contributed by atoms with Gasteiger partial charge in [0.05, 0.1) is 7.11 Å². The van der Waals surface area contributed by atoms with Gasteiger partial charge in [-0.05, 0) is 18.4 Å². The Kier molecular flexibility index (Phi) is 6.41. The molecule has 0 saturated carbocycles. The van der Waals surface area contributed by atoms with Crippen molar-refractivity contribution >= 4 is 18.2 Å². The highest BCUT2D eigenvalue weighted by atomic mass is 16.6. The zero-order valence-electron chi connectivity index (χ0n) is 13.4. The third-order valence-electron chi connectivity index (χ3n) is 3.54. The van der Waals surface area contributed by atoms with Crippen LogP contribution in [0.25, 0.3) is 0 Å². The second-order valence-corrected chi connectivity index (χ2v) is 5.18. The van der Waals surface area contributed by atoms with Gasteiger partial charge in [0.2, 0.25) is 0 Å². The first-order valence-electron chi connectivity index (χ1n) is 7.57. The number of alkyl carbamates (subject to hydrolysis) is 1. The number of nitrogens with zero attached hydrogens (tertiary/aromatic N) is 1. The lowest BCUT2D eigenvalue weighted by molar-refractivity contribution is -0.139. The largest absolute Gasteiger partial charge is 0.453 e. The fourth-order valence-electron chi connectivity index (χ4n) is 2.28. The number of amides is 2. The lowest BCUT2D eigenvalue weighted by atomic mass is 10.1. The summed E-state index contributed by atoms with van der Waals surface area (Å²) < 4.78 is 14.5. The number of carbonyl (C=O) groups is 3. The Hall–Kier alpha value is -2.77. The van der Waals surface area contributed by atoms with Crippen LogP contribution in [-0.4, -0.2) is 49.5 Å². The molecule has 1 saturated heterocycles. The van der Waals surface area contributed by atoms with Gasteiger partial charge in [-0.15, -0.1) is 0 Å². The Bertz CT molecular complexity index is 577. The van der Waals surface area contributed by atoms with Crippen molar-refractivity contribution in [1.29, 1.82) is 0 Å². The predicted octanol–water partition coefficient (Wildman–Crippen LogP) is 1.64. The van der Waals surface area contributed by atoms with Gasteiger partial charge in [-0.1, -0.05) is 30.3 Å². The smallest absolute Gasteiger partial charge is 0.412 e. The number of methoxy groups -OCH3 is 1. The molecular formula is C16H20N2O6. The van der Waals surface area contributed by atoms with Crippen LogP contribution in [0.15, 0.2) is 30.3 Å². The summed E-state index contributed by atoms with van der Waals surface area (Å²) in [6.45, 7) is 0.410. The van der Waals surface area contributed by atoms with Crippen molar-refractivity contribution in [2.75, 3.05) is 20.4 Å². The molecular weight excluding hydrogens is 316 g/mol. The summed E-state index contributed by atoms with van der Waals surface area (Å²) in [6, 6.07) is 8.66. The van der Waals surface area contributed by atoms with Crippen molar-refractivity contribution in [2.45, 2.75) is 25.5 Å². The van der Waals surface area contributed by atoms with Gasteiger partial charge in [-0.25, -0.2) is 14.4 Å². The first-order chi connectivity index (χ1) is 11.6. The maximum absolute atomic E-state index is 11.6. The Labute approximate surface area is 139 Å². The van der Waals surface area contributed by atoms with E-state index in [1.165, 1.54) is 12.0 Å². The molecule has 2 amide bonds. The molecule has 24 heavy (non-hydrogen) atoms. The molecule has 130 valence electrons. The molecule has 2 rings (SSSR count). The van der Waals surface area contributed by atoms with E-state index in [-0.39, 0.29) is 13.3 Å². The number of hydrogen-bond donors (Lipinski definition) is 1. The molecule has 0 bridgehead atoms. The third kappa shape index (κ3) is 4.87. The summed E-state index contributed by atoms with van der Waals surface area (Å²) in [7, 11) is 1.24. The first kappa shape index (κ1) is 17.6. The Morgan fingerprint density at radius 3 is 2.79 bits per heavy atom. The molecule has 1 aliphatic rings. The van der Waals surface area contributed by atoms with Crippen LogP contribution in [0.5, 0.6) is 0 Å². The molecule has 0 aromatic heterocycles. The highest BCUT2D eigenvalue weighted by Gasteiger charge is 2.37. The van der Waals surface area contributed by atoms with Crippen molar-refractivity contribution in [3.8, 4) is 0 Å². The average molecular weight is 336 g/mol. The highest BCUT2D eigenvalue weighted by Crippen LogP contribution is 2.17. The van der Waals surface area contributed by atoms with E-state index in [2.05, 4.69) is 10.1 Å². The van der Waals surface area contributed by atoms with Gasteiger partial charge < -0.3 is 19.5 Å². The molecule has 0 radical (unpaired) electrons. The van der Waals surface area contributed by atoms with Crippen LogP contribution in [0.1, 0.15) is 18.4 Å². The van der Waals surface area contributed by atoms with E-state index in [0.717, 1.165) is 5.56 Å². The lowest BCUT2D eigenvalue weighted by Gasteiger charge is -2.18. The highest BCUT2D eigenvalue weighted by molar-refractivity contribution is 5.83. The van der Waals surface area contributed by atoms with E-state index in [4.69, 9.17) is 9.47 Å². The molecule has 1 fully saturated rings. The average Bonchev–Trinajstić information content (AvgIpc) is 2.98. The molecule has 1 heterocycles. The fraction of sp³-hybridized carbons (Fsp3) is 0.438. The molecule has 8 nitrogen and oxygen atoms in total. The van der Waals surface area contributed by atoms with Crippen LogP contribution in [0.4, 0.5) is 9.59 Å². The second-order valence-electron chi connectivity index (χ2n) is 5.18. The summed E-state index contributed by atoms with van der Waals surface area (Å²) in [5.41, 5.74) is 0.898. The van der Waals surface area contributed by atoms with Crippen LogP contribution in [0, 0.1) is 0 Å². The molecule has 1 aromatic rings. The maximum Gasteiger partial charge on any atom is 0.412 e. The van der Waals surface area contributed by atoms with Crippen molar-refractivity contribution in [3.05, 3.63) is 35.9 Å². The summed E-state index contributed by atoms with van der Waals surface area (Å²) in [4.78, 5) is 35.9. The number of rotatable bonds is 6. The van der Waals surface area contributed by atoms with Crippen LogP contribution in [0.3, 0.4) is 0 Å². The van der Waals surface area contributed by atoms with Gasteiger partial charge in [0.15, 0.2) is 6.73 Å². The Balaban J connectivity index is 1.65. The van der Waals surface area contributed by atoms with E-state index < -0.39 is 24.2 Å². The standard InChI is InChI=1S/C16H20N2O6/c1-22-16(21)18-11-24-14(19)13(18)8-5-9-17-15(20)23-10-12-6-3-2-4-7-12/h2-4,6-7,13H,5,8-11H2,1H3,(H,17,20)/t13-/m0/s1. The molecule has 0 unspecified atom stereocenters. The lowest BCUT2D eigenvalue weighted by Crippen LogP contribution is -2.38. The monoisotopic (exact) mass is 336 g/mol. The number of benzene rings is 1. The van der Waals surface area contributed by atoms with Crippen LogP contribution in [-0.2, 0) is 25.6 Å². The van der Waals surface area contributed by atoms with E-state index in [0.29, 0.717) is 19.4 Å². The topological polar surface area (TPSA) is 94.2 Å². The first-order valence-corrected chi connectivity index (χ1v) is 7.57. The second kappa shape index (κ2) is 8.76. The van der Waals surface area contributed by atoms with Crippen molar-refractivity contribution in [2.24, 2.45) is 0 Å². The van der Waals surface area contributed by atoms with Gasteiger partial charge in [-0.3, -0.25) is 4.90 Å². The SMILES string of the molecule is COC(=O)N1COC(=O)[C@@H]1CCCNC(=O)OCc1ccccc1. The number of nitrogens with one attached hydrogen (secondary N) is 1. The summed E-state index contributed by atoms with van der Waals surface area (Å²) >= 11 is 0. The third-order valence-corrected chi connectivity index (χ3v) is 3.54. The molecule has 1 N–H and O–H groups in total. The van der Waals surface area contributed by atoms with E-state index in [1.54, 1.807) is 0 Å². The molecule has 0 spiro atoms. The molecule has 8 heteroatoms. The molecule has 1 atom stereocenters. The number of cyclic esters (lactones) is 1. The fourth-order valence-corrected chi connectivity index (χ4v) is 2.28. The number of carbonyl (C=O) groups excluding carboxylic acids is 3. The zero-order chi connectivity index (χ0) is 17.4. The van der Waals surface area contributed by atoms with E-state index >= 15 is 0 Å². The zero-order valence-corrected chi connectivity index (χ0v) is 13.4. The van der Waals surface area contributed by atoms with Gasteiger partial charge >= 0.3 is 18.2 Å². The Morgan fingerprint density at radius 2 is 2.08 bits per heavy atom. The van der Waals surface area contributed by atoms with Crippen molar-refractivity contribution in [1.82, 2.24) is 10.2 Å². The summed E-state index contributed by atoms with van der Waals surface area (Å²) in [5.74, 6) is -0.466. The molecule has 0 aliphatic carbocycles.